The Kier molecular flexibility index (Phi) is 5.36. The summed E-state index contributed by atoms with van der Waals surface area (Å²) >= 11 is 0. The molecule has 0 bridgehead atoms. The SMILES string of the molecule is CN1CCOC(CCNS(=O)(=O)c2ccc3c(c2)CCCC3)C1. The molecule has 1 aromatic rings. The lowest BCUT2D eigenvalue weighted by molar-refractivity contribution is -0.0222. The van der Waals surface area contributed by atoms with Crippen molar-refractivity contribution in [1.29, 1.82) is 0 Å². The monoisotopic (exact) mass is 338 g/mol. The molecule has 0 spiro atoms. The Balaban J connectivity index is 1.58. The van der Waals surface area contributed by atoms with Crippen molar-refractivity contribution in [2.45, 2.75) is 43.1 Å². The van der Waals surface area contributed by atoms with Gasteiger partial charge in [-0.1, -0.05) is 6.07 Å². The number of nitrogens with zero attached hydrogens (tertiary/aromatic N) is 1. The Morgan fingerprint density at radius 1 is 1.26 bits per heavy atom. The minimum absolute atomic E-state index is 0.111. The Morgan fingerprint density at radius 3 is 2.83 bits per heavy atom. The first kappa shape index (κ1) is 16.9. The molecule has 0 amide bonds. The third-order valence-electron chi connectivity index (χ3n) is 4.73. The summed E-state index contributed by atoms with van der Waals surface area (Å²) in [5.74, 6) is 0. The van der Waals surface area contributed by atoms with Gasteiger partial charge in [-0.3, -0.25) is 0 Å². The molecule has 3 rings (SSSR count). The van der Waals surface area contributed by atoms with E-state index in [1.165, 1.54) is 17.5 Å². The van der Waals surface area contributed by atoms with Gasteiger partial charge in [0.25, 0.3) is 0 Å². The summed E-state index contributed by atoms with van der Waals surface area (Å²) in [6.45, 7) is 2.94. The van der Waals surface area contributed by atoms with Crippen LogP contribution in [0.4, 0.5) is 0 Å². The first-order chi connectivity index (χ1) is 11.0. The number of hydrogen-bond acceptors (Lipinski definition) is 4. The molecule has 128 valence electrons. The third-order valence-corrected chi connectivity index (χ3v) is 6.19. The number of fused-ring (bicyclic) bond motifs is 1. The van der Waals surface area contributed by atoms with Crippen LogP contribution in [0, 0.1) is 0 Å². The maximum absolute atomic E-state index is 12.5. The van der Waals surface area contributed by atoms with Gasteiger partial charge in [0.2, 0.25) is 10.0 Å². The van der Waals surface area contributed by atoms with Crippen LogP contribution in [0.5, 0.6) is 0 Å². The van der Waals surface area contributed by atoms with Crippen molar-refractivity contribution >= 4 is 10.0 Å². The molecular formula is C17H26N2O3S. The van der Waals surface area contributed by atoms with E-state index in [-0.39, 0.29) is 6.10 Å². The van der Waals surface area contributed by atoms with Crippen LogP contribution in [-0.4, -0.2) is 52.7 Å². The maximum Gasteiger partial charge on any atom is 0.240 e. The Hall–Kier alpha value is -0.950. The quantitative estimate of drug-likeness (QED) is 0.885. The highest BCUT2D eigenvalue weighted by Crippen LogP contribution is 2.24. The van der Waals surface area contributed by atoms with Crippen LogP contribution in [0.2, 0.25) is 0 Å². The van der Waals surface area contributed by atoms with Crippen molar-refractivity contribution in [3.05, 3.63) is 29.3 Å². The van der Waals surface area contributed by atoms with E-state index >= 15 is 0 Å². The number of ether oxygens (including phenoxy) is 1. The molecular weight excluding hydrogens is 312 g/mol. The van der Waals surface area contributed by atoms with Crippen LogP contribution >= 0.6 is 0 Å². The molecule has 1 saturated heterocycles. The van der Waals surface area contributed by atoms with Gasteiger partial charge >= 0.3 is 0 Å². The predicted octanol–water partition coefficient (Wildman–Crippen LogP) is 1.56. The highest BCUT2D eigenvalue weighted by molar-refractivity contribution is 7.89. The number of benzene rings is 1. The summed E-state index contributed by atoms with van der Waals surface area (Å²) in [5, 5.41) is 0. The second-order valence-corrected chi connectivity index (χ2v) is 8.35. The zero-order valence-electron chi connectivity index (χ0n) is 13.8. The topological polar surface area (TPSA) is 58.6 Å². The molecule has 1 aliphatic heterocycles. The van der Waals surface area contributed by atoms with Gasteiger partial charge in [0, 0.05) is 19.6 Å². The summed E-state index contributed by atoms with van der Waals surface area (Å²) in [7, 11) is -1.36. The smallest absolute Gasteiger partial charge is 0.240 e. The van der Waals surface area contributed by atoms with E-state index < -0.39 is 10.0 Å². The minimum atomic E-state index is -3.43. The Bertz CT molecular complexity index is 645. The first-order valence-electron chi connectivity index (χ1n) is 8.46. The standard InChI is InChI=1S/C17H26N2O3S/c1-19-10-11-22-16(13-19)8-9-18-23(20,21)17-7-6-14-4-2-3-5-15(14)12-17/h6-7,12,16,18H,2-5,8-11,13H2,1H3. The predicted molar refractivity (Wildman–Crippen MR) is 90.1 cm³/mol. The largest absolute Gasteiger partial charge is 0.376 e. The van der Waals surface area contributed by atoms with Gasteiger partial charge in [-0.25, -0.2) is 13.1 Å². The number of rotatable bonds is 5. The number of aryl methyl sites for hydroxylation is 2. The summed E-state index contributed by atoms with van der Waals surface area (Å²) in [4.78, 5) is 2.60. The molecule has 5 nitrogen and oxygen atoms in total. The van der Waals surface area contributed by atoms with Crippen molar-refractivity contribution in [2.24, 2.45) is 0 Å². The molecule has 1 aromatic carbocycles. The average Bonchev–Trinajstić information content (AvgIpc) is 2.54. The fourth-order valence-electron chi connectivity index (χ4n) is 3.36. The van der Waals surface area contributed by atoms with Gasteiger partial charge in [0.05, 0.1) is 17.6 Å². The second kappa shape index (κ2) is 7.30. The van der Waals surface area contributed by atoms with Crippen molar-refractivity contribution in [3.8, 4) is 0 Å². The normalized spacial score (nSPS) is 22.7. The van der Waals surface area contributed by atoms with E-state index in [4.69, 9.17) is 4.74 Å². The number of hydrogen-bond donors (Lipinski definition) is 1. The van der Waals surface area contributed by atoms with Crippen LogP contribution in [0.25, 0.3) is 0 Å². The van der Waals surface area contributed by atoms with Crippen molar-refractivity contribution in [3.63, 3.8) is 0 Å². The van der Waals surface area contributed by atoms with Crippen LogP contribution in [0.15, 0.2) is 23.1 Å². The second-order valence-electron chi connectivity index (χ2n) is 6.58. The zero-order chi connectivity index (χ0) is 16.3. The summed E-state index contributed by atoms with van der Waals surface area (Å²) in [6, 6.07) is 5.56. The lowest BCUT2D eigenvalue weighted by Gasteiger charge is -2.30. The van der Waals surface area contributed by atoms with Crippen molar-refractivity contribution < 1.29 is 13.2 Å². The lowest BCUT2D eigenvalue weighted by Crippen LogP contribution is -2.41. The Morgan fingerprint density at radius 2 is 2.04 bits per heavy atom. The fourth-order valence-corrected chi connectivity index (χ4v) is 4.45. The molecule has 1 fully saturated rings. The van der Waals surface area contributed by atoms with Gasteiger partial charge < -0.3 is 9.64 Å². The van der Waals surface area contributed by atoms with Crippen molar-refractivity contribution in [2.75, 3.05) is 33.3 Å². The molecule has 0 aromatic heterocycles. The Labute approximate surface area is 139 Å². The first-order valence-corrected chi connectivity index (χ1v) is 9.94. The molecule has 1 atom stereocenters. The van der Waals surface area contributed by atoms with E-state index in [2.05, 4.69) is 16.7 Å². The summed E-state index contributed by atoms with van der Waals surface area (Å²) in [6.07, 6.45) is 5.22. The number of morpholine rings is 1. The summed E-state index contributed by atoms with van der Waals surface area (Å²) < 4.78 is 33.3. The molecule has 2 aliphatic rings. The van der Waals surface area contributed by atoms with E-state index in [1.54, 1.807) is 6.07 Å². The molecule has 1 unspecified atom stereocenters. The molecule has 23 heavy (non-hydrogen) atoms. The van der Waals surface area contributed by atoms with Crippen LogP contribution < -0.4 is 4.72 Å². The van der Waals surface area contributed by atoms with E-state index in [0.717, 1.165) is 39.0 Å². The van der Waals surface area contributed by atoms with E-state index in [0.29, 0.717) is 17.9 Å². The number of nitrogens with one attached hydrogen (secondary N) is 1. The van der Waals surface area contributed by atoms with E-state index in [1.807, 2.05) is 12.1 Å². The average molecular weight is 338 g/mol. The molecule has 1 heterocycles. The van der Waals surface area contributed by atoms with Gasteiger partial charge in [-0.05, 0) is 62.4 Å². The number of likely N-dealkylation sites (N-methyl/N-ethyl adjacent to an activating group) is 1. The highest BCUT2D eigenvalue weighted by Gasteiger charge is 2.20. The van der Waals surface area contributed by atoms with Crippen LogP contribution in [-0.2, 0) is 27.6 Å². The molecule has 0 saturated carbocycles. The van der Waals surface area contributed by atoms with E-state index in [9.17, 15) is 8.42 Å². The highest BCUT2D eigenvalue weighted by atomic mass is 32.2. The summed E-state index contributed by atoms with van der Waals surface area (Å²) in [5.41, 5.74) is 2.49. The van der Waals surface area contributed by atoms with Gasteiger partial charge in [0.15, 0.2) is 0 Å². The molecule has 6 heteroatoms. The van der Waals surface area contributed by atoms with Crippen LogP contribution in [0.3, 0.4) is 0 Å². The maximum atomic E-state index is 12.5. The van der Waals surface area contributed by atoms with Gasteiger partial charge in [-0.15, -0.1) is 0 Å². The molecule has 0 radical (unpaired) electrons. The van der Waals surface area contributed by atoms with Crippen LogP contribution in [0.1, 0.15) is 30.4 Å². The lowest BCUT2D eigenvalue weighted by atomic mass is 9.92. The minimum Gasteiger partial charge on any atom is -0.376 e. The molecule has 1 N–H and O–H groups in total. The fraction of sp³-hybridized carbons (Fsp3) is 0.647. The number of sulfonamides is 1. The molecule has 1 aliphatic carbocycles. The van der Waals surface area contributed by atoms with Crippen molar-refractivity contribution in [1.82, 2.24) is 9.62 Å². The van der Waals surface area contributed by atoms with Gasteiger partial charge in [0.1, 0.15) is 0 Å². The van der Waals surface area contributed by atoms with Gasteiger partial charge in [-0.2, -0.15) is 0 Å². The third kappa shape index (κ3) is 4.32. The zero-order valence-corrected chi connectivity index (χ0v) is 14.6.